The second-order valence-corrected chi connectivity index (χ2v) is 8.34. The van der Waals surface area contributed by atoms with Gasteiger partial charge < -0.3 is 4.90 Å². The van der Waals surface area contributed by atoms with Crippen LogP contribution in [0.1, 0.15) is 24.9 Å². The lowest BCUT2D eigenvalue weighted by molar-refractivity contribution is 0.102. The molecule has 0 saturated carbocycles. The summed E-state index contributed by atoms with van der Waals surface area (Å²) < 4.78 is 24.6. The molecule has 0 aromatic heterocycles. The van der Waals surface area contributed by atoms with Gasteiger partial charge in [0.25, 0.3) is 0 Å². The molecule has 1 fully saturated rings. The minimum absolute atomic E-state index is 0.317. The Morgan fingerprint density at radius 3 is 2.48 bits per heavy atom. The molecule has 0 aliphatic carbocycles. The van der Waals surface area contributed by atoms with Crippen LogP contribution >= 0.6 is 11.6 Å². The zero-order chi connectivity index (χ0) is 16.9. The molecule has 1 aromatic rings. The highest BCUT2D eigenvalue weighted by atomic mass is 35.5. The van der Waals surface area contributed by atoms with Gasteiger partial charge in [0.05, 0.1) is 6.26 Å². The Bertz CT molecular complexity index is 601. The van der Waals surface area contributed by atoms with Gasteiger partial charge in [-0.05, 0) is 31.5 Å². The highest BCUT2D eigenvalue weighted by molar-refractivity contribution is 7.88. The van der Waals surface area contributed by atoms with Crippen LogP contribution in [0, 0.1) is 0 Å². The average Bonchev–Trinajstić information content (AvgIpc) is 2.51. The van der Waals surface area contributed by atoms with Gasteiger partial charge in [0, 0.05) is 43.8 Å². The van der Waals surface area contributed by atoms with Crippen LogP contribution in [0.25, 0.3) is 0 Å². The Balaban J connectivity index is 1.74. The molecular weight excluding hydrogens is 334 g/mol. The van der Waals surface area contributed by atoms with Gasteiger partial charge in [0.15, 0.2) is 0 Å². The van der Waals surface area contributed by atoms with Gasteiger partial charge >= 0.3 is 0 Å². The van der Waals surface area contributed by atoms with Crippen LogP contribution in [0.5, 0.6) is 0 Å². The van der Waals surface area contributed by atoms with Crippen molar-refractivity contribution in [3.63, 3.8) is 0 Å². The second kappa shape index (κ2) is 8.44. The van der Waals surface area contributed by atoms with E-state index in [1.165, 1.54) is 11.8 Å². The molecule has 130 valence electrons. The van der Waals surface area contributed by atoms with Gasteiger partial charge in [-0.25, -0.2) is 13.1 Å². The molecule has 1 saturated heterocycles. The summed E-state index contributed by atoms with van der Waals surface area (Å²) in [7, 11) is -3.07. The number of sulfonamides is 1. The first-order chi connectivity index (χ1) is 10.9. The van der Waals surface area contributed by atoms with Crippen molar-refractivity contribution in [3.05, 3.63) is 34.9 Å². The van der Waals surface area contributed by atoms with E-state index in [2.05, 4.69) is 27.5 Å². The number of hydrogen-bond acceptors (Lipinski definition) is 4. The molecule has 7 heteroatoms. The molecule has 2 rings (SSSR count). The van der Waals surface area contributed by atoms with Crippen LogP contribution in [0.4, 0.5) is 0 Å². The van der Waals surface area contributed by atoms with E-state index >= 15 is 0 Å². The Labute approximate surface area is 144 Å². The molecule has 0 spiro atoms. The lowest BCUT2D eigenvalue weighted by atomic mass is 10.1. The molecule has 23 heavy (non-hydrogen) atoms. The molecule has 0 amide bonds. The van der Waals surface area contributed by atoms with Crippen molar-refractivity contribution in [1.82, 2.24) is 14.5 Å². The zero-order valence-corrected chi connectivity index (χ0v) is 15.4. The maximum Gasteiger partial charge on any atom is 0.208 e. The summed E-state index contributed by atoms with van der Waals surface area (Å²) in [5.41, 5.74) is 1.18. The molecule has 1 atom stereocenters. The normalized spacial score (nSPS) is 18.9. The lowest BCUT2D eigenvalue weighted by Gasteiger charge is -2.38. The summed E-state index contributed by atoms with van der Waals surface area (Å²) in [5.74, 6) is 0. The molecule has 1 aromatic carbocycles. The number of rotatable bonds is 7. The van der Waals surface area contributed by atoms with Crippen LogP contribution in [0.3, 0.4) is 0 Å². The summed E-state index contributed by atoms with van der Waals surface area (Å²) >= 11 is 6.30. The van der Waals surface area contributed by atoms with E-state index in [-0.39, 0.29) is 0 Å². The molecule has 1 aliphatic rings. The molecule has 1 heterocycles. The van der Waals surface area contributed by atoms with Gasteiger partial charge in [-0.15, -0.1) is 0 Å². The topological polar surface area (TPSA) is 52.6 Å². The van der Waals surface area contributed by atoms with Crippen molar-refractivity contribution in [2.45, 2.75) is 19.4 Å². The van der Waals surface area contributed by atoms with Crippen molar-refractivity contribution >= 4 is 21.6 Å². The molecule has 1 aliphatic heterocycles. The average molecular weight is 360 g/mol. The standard InChI is InChI=1S/C16H26ClN3O2S/c1-14(15-6-3-4-7-16(15)17)20-12-10-19(11-13-20)9-5-8-18-23(2,21)22/h3-4,6-7,14,18H,5,8-13H2,1-2H3. The largest absolute Gasteiger partial charge is 0.301 e. The van der Waals surface area contributed by atoms with Crippen molar-refractivity contribution in [2.75, 3.05) is 45.5 Å². The number of nitrogens with zero attached hydrogens (tertiary/aromatic N) is 2. The van der Waals surface area contributed by atoms with Crippen molar-refractivity contribution < 1.29 is 8.42 Å². The Morgan fingerprint density at radius 1 is 1.22 bits per heavy atom. The van der Waals surface area contributed by atoms with E-state index in [1.807, 2.05) is 18.2 Å². The maximum atomic E-state index is 11.0. The summed E-state index contributed by atoms with van der Waals surface area (Å²) in [6, 6.07) is 8.34. The van der Waals surface area contributed by atoms with Crippen LogP contribution in [-0.4, -0.2) is 63.7 Å². The first-order valence-electron chi connectivity index (χ1n) is 8.02. The Hall–Kier alpha value is -0.660. The lowest BCUT2D eigenvalue weighted by Crippen LogP contribution is -2.47. The fraction of sp³-hybridized carbons (Fsp3) is 0.625. The Kier molecular flexibility index (Phi) is 6.85. The zero-order valence-electron chi connectivity index (χ0n) is 13.8. The minimum Gasteiger partial charge on any atom is -0.301 e. The monoisotopic (exact) mass is 359 g/mol. The smallest absolute Gasteiger partial charge is 0.208 e. The summed E-state index contributed by atoms with van der Waals surface area (Å²) in [6.45, 7) is 7.66. The number of nitrogens with one attached hydrogen (secondary N) is 1. The first kappa shape index (κ1) is 18.7. The van der Waals surface area contributed by atoms with Gasteiger partial charge in [0.1, 0.15) is 0 Å². The van der Waals surface area contributed by atoms with Crippen molar-refractivity contribution in [3.8, 4) is 0 Å². The SMILES string of the molecule is CC(c1ccccc1Cl)N1CCN(CCCNS(C)(=O)=O)CC1. The van der Waals surface area contributed by atoms with E-state index in [9.17, 15) is 8.42 Å². The van der Waals surface area contributed by atoms with Gasteiger partial charge in [-0.1, -0.05) is 29.8 Å². The summed E-state index contributed by atoms with van der Waals surface area (Å²) in [6.07, 6.45) is 2.04. The highest BCUT2D eigenvalue weighted by Gasteiger charge is 2.22. The third-order valence-electron chi connectivity index (χ3n) is 4.33. The molecule has 0 bridgehead atoms. The maximum absolute atomic E-state index is 11.0. The molecular formula is C16H26ClN3O2S. The van der Waals surface area contributed by atoms with Gasteiger partial charge in [-0.2, -0.15) is 0 Å². The van der Waals surface area contributed by atoms with E-state index in [0.29, 0.717) is 12.6 Å². The van der Waals surface area contributed by atoms with Crippen LogP contribution in [-0.2, 0) is 10.0 Å². The fourth-order valence-electron chi connectivity index (χ4n) is 2.95. The minimum atomic E-state index is -3.07. The van der Waals surface area contributed by atoms with Crippen LogP contribution in [0.15, 0.2) is 24.3 Å². The predicted octanol–water partition coefficient (Wildman–Crippen LogP) is 1.96. The summed E-state index contributed by atoms with van der Waals surface area (Å²) in [5, 5.41) is 0.828. The second-order valence-electron chi connectivity index (χ2n) is 6.10. The fourth-order valence-corrected chi connectivity index (χ4v) is 3.75. The van der Waals surface area contributed by atoms with Crippen LogP contribution < -0.4 is 4.72 Å². The van der Waals surface area contributed by atoms with E-state index < -0.39 is 10.0 Å². The van der Waals surface area contributed by atoms with Crippen molar-refractivity contribution in [2.24, 2.45) is 0 Å². The van der Waals surface area contributed by atoms with Gasteiger partial charge in [-0.3, -0.25) is 4.90 Å². The van der Waals surface area contributed by atoms with E-state index in [0.717, 1.165) is 44.2 Å². The molecule has 0 radical (unpaired) electrons. The van der Waals surface area contributed by atoms with Crippen LogP contribution in [0.2, 0.25) is 5.02 Å². The number of hydrogen-bond donors (Lipinski definition) is 1. The third-order valence-corrected chi connectivity index (χ3v) is 5.40. The third kappa shape index (κ3) is 6.04. The quantitative estimate of drug-likeness (QED) is 0.756. The highest BCUT2D eigenvalue weighted by Crippen LogP contribution is 2.27. The van der Waals surface area contributed by atoms with E-state index in [4.69, 9.17) is 11.6 Å². The summed E-state index contributed by atoms with van der Waals surface area (Å²) in [4.78, 5) is 4.84. The first-order valence-corrected chi connectivity index (χ1v) is 10.3. The number of halogens is 1. The molecule has 1 unspecified atom stereocenters. The van der Waals surface area contributed by atoms with Crippen molar-refractivity contribution in [1.29, 1.82) is 0 Å². The number of piperazine rings is 1. The predicted molar refractivity (Wildman–Crippen MR) is 95.3 cm³/mol. The molecule has 1 N–H and O–H groups in total. The Morgan fingerprint density at radius 2 is 1.87 bits per heavy atom. The number of benzene rings is 1. The van der Waals surface area contributed by atoms with Gasteiger partial charge in [0.2, 0.25) is 10.0 Å². The molecule has 5 nitrogen and oxygen atoms in total. The van der Waals surface area contributed by atoms with E-state index in [1.54, 1.807) is 0 Å².